The first-order valence-electron chi connectivity index (χ1n) is 15.9. The Labute approximate surface area is 263 Å². The van der Waals surface area contributed by atoms with Gasteiger partial charge in [0.25, 0.3) is 0 Å². The van der Waals surface area contributed by atoms with Crippen LogP contribution in [0, 0.1) is 22.2 Å². The van der Waals surface area contributed by atoms with Crippen molar-refractivity contribution >= 4 is 17.3 Å². The van der Waals surface area contributed by atoms with Crippen molar-refractivity contribution < 1.29 is 29.3 Å². The van der Waals surface area contributed by atoms with Gasteiger partial charge in [-0.3, -0.25) is 14.4 Å². The molecule has 6 atom stereocenters. The number of allylic oxidation sites excluding steroid dienone is 7. The number of fused-ring (bicyclic) bond motifs is 3. The molecular weight excluding hydrogens is 552 g/mol. The predicted molar refractivity (Wildman–Crippen MR) is 173 cm³/mol. The van der Waals surface area contributed by atoms with Crippen LogP contribution in [0.25, 0.3) is 0 Å². The molecular formula is C38H50O6. The summed E-state index contributed by atoms with van der Waals surface area (Å²) in [6.45, 7) is 16.9. The number of Topliss-reactive ketones (excluding diaryl/α,β-unsaturated/α-hetero) is 3. The van der Waals surface area contributed by atoms with Gasteiger partial charge in [-0.2, -0.15) is 0 Å². The van der Waals surface area contributed by atoms with Gasteiger partial charge in [0.2, 0.25) is 0 Å². The maximum absolute atomic E-state index is 15.5. The smallest absolute Gasteiger partial charge is 0.187 e. The van der Waals surface area contributed by atoms with E-state index in [-0.39, 0.29) is 29.2 Å². The molecule has 1 fully saturated rings. The van der Waals surface area contributed by atoms with E-state index < -0.39 is 51.4 Å². The van der Waals surface area contributed by atoms with Gasteiger partial charge in [-0.25, -0.2) is 0 Å². The van der Waals surface area contributed by atoms with Crippen molar-refractivity contribution in [2.45, 2.75) is 112 Å². The lowest BCUT2D eigenvalue weighted by Crippen LogP contribution is -2.70. The Morgan fingerprint density at radius 1 is 0.977 bits per heavy atom. The highest BCUT2D eigenvalue weighted by molar-refractivity contribution is 6.36. The van der Waals surface area contributed by atoms with Crippen molar-refractivity contribution in [2.24, 2.45) is 22.2 Å². The average Bonchev–Trinajstić information content (AvgIpc) is 3.30. The topological polar surface area (TPSA) is 101 Å². The molecule has 1 aromatic rings. The molecule has 2 N–H and O–H groups in total. The molecule has 0 radical (unpaired) electrons. The number of ketones is 3. The van der Waals surface area contributed by atoms with Gasteiger partial charge in [0.1, 0.15) is 11.9 Å². The number of carbonyl (C=O) groups excluding carboxylic acids is 3. The van der Waals surface area contributed by atoms with E-state index >= 15 is 14.4 Å². The van der Waals surface area contributed by atoms with Crippen molar-refractivity contribution in [1.29, 1.82) is 0 Å². The number of rotatable bonds is 10. The largest absolute Gasteiger partial charge is 0.487 e. The van der Waals surface area contributed by atoms with Gasteiger partial charge in [-0.15, -0.1) is 0 Å². The molecule has 2 aliphatic carbocycles. The highest BCUT2D eigenvalue weighted by Crippen LogP contribution is 2.69. The summed E-state index contributed by atoms with van der Waals surface area (Å²) in [5, 5.41) is 22.8. The average molecular weight is 603 g/mol. The molecule has 44 heavy (non-hydrogen) atoms. The molecule has 3 aliphatic rings. The fraction of sp³-hybridized carbons (Fsp3) is 0.553. The number of benzene rings is 1. The number of hydrogen-bond donors (Lipinski definition) is 2. The SMILES string of the molecule is CC(C)=CCCC1(C)C(CC=C(C)C)CC2(CC=C(C)C)C(=O)C1(C(=O)c1ccccc1)C(=O)C1=C2OC(C(C)(C)O)C1O. The van der Waals surface area contributed by atoms with E-state index in [9.17, 15) is 10.2 Å². The fourth-order valence-corrected chi connectivity index (χ4v) is 7.79. The first-order valence-corrected chi connectivity index (χ1v) is 15.9. The summed E-state index contributed by atoms with van der Waals surface area (Å²) in [4.78, 5) is 45.9. The second-order valence-corrected chi connectivity index (χ2v) is 14.7. The Morgan fingerprint density at radius 3 is 2.11 bits per heavy atom. The minimum Gasteiger partial charge on any atom is -0.487 e. The zero-order valence-corrected chi connectivity index (χ0v) is 27.9. The molecule has 0 amide bonds. The first kappa shape index (κ1) is 33.8. The van der Waals surface area contributed by atoms with E-state index in [1.54, 1.807) is 30.3 Å². The molecule has 0 saturated heterocycles. The summed E-state index contributed by atoms with van der Waals surface area (Å²) in [6.07, 6.45) is 5.72. The Kier molecular flexibility index (Phi) is 9.23. The summed E-state index contributed by atoms with van der Waals surface area (Å²) in [6, 6.07) is 8.61. The molecule has 2 bridgehead atoms. The Hall–Kier alpha value is -3.09. The molecule has 1 saturated carbocycles. The molecule has 1 aromatic carbocycles. The summed E-state index contributed by atoms with van der Waals surface area (Å²) in [5.74, 6) is -1.76. The molecule has 6 nitrogen and oxygen atoms in total. The number of hydrogen-bond acceptors (Lipinski definition) is 6. The highest BCUT2D eigenvalue weighted by atomic mass is 16.5. The van der Waals surface area contributed by atoms with Gasteiger partial charge in [0.15, 0.2) is 28.9 Å². The number of ether oxygens (including phenoxy) is 1. The second kappa shape index (κ2) is 12.0. The summed E-state index contributed by atoms with van der Waals surface area (Å²) < 4.78 is 6.36. The van der Waals surface area contributed by atoms with Crippen LogP contribution in [0.2, 0.25) is 0 Å². The van der Waals surface area contributed by atoms with Gasteiger partial charge in [0, 0.05) is 5.56 Å². The third-order valence-corrected chi connectivity index (χ3v) is 10.2. The maximum Gasteiger partial charge on any atom is 0.187 e. The van der Waals surface area contributed by atoms with Crippen molar-refractivity contribution in [2.75, 3.05) is 0 Å². The Bertz CT molecular complexity index is 1440. The number of aliphatic hydroxyl groups excluding tert-OH is 1. The van der Waals surface area contributed by atoms with E-state index in [0.29, 0.717) is 25.7 Å². The highest BCUT2D eigenvalue weighted by Gasteiger charge is 2.78. The normalized spacial score (nSPS) is 31.2. The van der Waals surface area contributed by atoms with Crippen molar-refractivity contribution in [3.8, 4) is 0 Å². The zero-order valence-electron chi connectivity index (χ0n) is 27.9. The fourth-order valence-electron chi connectivity index (χ4n) is 7.79. The predicted octanol–water partition coefficient (Wildman–Crippen LogP) is 7.26. The van der Waals surface area contributed by atoms with Crippen molar-refractivity contribution in [3.05, 3.63) is 82.2 Å². The summed E-state index contributed by atoms with van der Waals surface area (Å²) in [7, 11) is 0. The minimum atomic E-state index is -2.09. The Balaban J connectivity index is 2.14. The lowest BCUT2D eigenvalue weighted by molar-refractivity contribution is -0.168. The lowest BCUT2D eigenvalue weighted by Gasteiger charge is -2.60. The minimum absolute atomic E-state index is 0.0303. The van der Waals surface area contributed by atoms with Crippen LogP contribution < -0.4 is 0 Å². The quantitative estimate of drug-likeness (QED) is 0.166. The molecule has 0 spiro atoms. The summed E-state index contributed by atoms with van der Waals surface area (Å²) >= 11 is 0. The third kappa shape index (κ3) is 5.28. The molecule has 1 aliphatic heterocycles. The second-order valence-electron chi connectivity index (χ2n) is 14.7. The van der Waals surface area contributed by atoms with E-state index in [1.165, 1.54) is 13.8 Å². The Morgan fingerprint density at radius 2 is 1.57 bits per heavy atom. The van der Waals surface area contributed by atoms with E-state index in [2.05, 4.69) is 12.2 Å². The van der Waals surface area contributed by atoms with Gasteiger partial charge >= 0.3 is 0 Å². The van der Waals surface area contributed by atoms with Crippen molar-refractivity contribution in [1.82, 2.24) is 0 Å². The van der Waals surface area contributed by atoms with Crippen LogP contribution in [0.5, 0.6) is 0 Å². The van der Waals surface area contributed by atoms with E-state index in [0.717, 1.165) is 16.7 Å². The van der Waals surface area contributed by atoms with Gasteiger partial charge in [-0.1, -0.05) is 72.2 Å². The molecule has 6 heteroatoms. The summed E-state index contributed by atoms with van der Waals surface area (Å²) in [5.41, 5.74) is -2.57. The van der Waals surface area contributed by atoms with Crippen LogP contribution >= 0.6 is 0 Å². The number of carbonyl (C=O) groups is 3. The first-order chi connectivity index (χ1) is 20.4. The molecule has 6 unspecified atom stereocenters. The van der Waals surface area contributed by atoms with Crippen LogP contribution in [-0.4, -0.2) is 45.4 Å². The molecule has 238 valence electrons. The van der Waals surface area contributed by atoms with Crippen LogP contribution in [0.3, 0.4) is 0 Å². The zero-order chi connectivity index (χ0) is 32.8. The number of aliphatic hydroxyl groups is 2. The van der Waals surface area contributed by atoms with Crippen molar-refractivity contribution in [3.63, 3.8) is 0 Å². The van der Waals surface area contributed by atoms with Crippen LogP contribution in [0.1, 0.15) is 105 Å². The standard InChI is InChI=1S/C38H50O6/c1-23(2)14-13-20-36(9)27(18-17-24(3)4)22-37(21-19-25(5)6)32-28(29(39)33(44-32)35(7,8)43)31(41)38(36,34(37)42)30(40)26-15-11-10-12-16-26/h10-12,14-17,19,27,29,33,39,43H,13,18,20-22H2,1-9H3. The van der Waals surface area contributed by atoms with Gasteiger partial charge < -0.3 is 14.9 Å². The van der Waals surface area contributed by atoms with Gasteiger partial charge in [0.05, 0.1) is 16.6 Å². The van der Waals surface area contributed by atoms with Gasteiger partial charge in [-0.05, 0) is 98.8 Å². The monoisotopic (exact) mass is 602 g/mol. The molecule has 0 aromatic heterocycles. The van der Waals surface area contributed by atoms with E-state index in [1.807, 2.05) is 54.5 Å². The van der Waals surface area contributed by atoms with Crippen LogP contribution in [0.4, 0.5) is 0 Å². The lowest BCUT2D eigenvalue weighted by atomic mass is 9.38. The van der Waals surface area contributed by atoms with Crippen LogP contribution in [0.15, 0.2) is 76.6 Å². The van der Waals surface area contributed by atoms with Crippen LogP contribution in [-0.2, 0) is 14.3 Å². The third-order valence-electron chi connectivity index (χ3n) is 10.2. The van der Waals surface area contributed by atoms with E-state index in [4.69, 9.17) is 4.74 Å². The molecule has 4 rings (SSSR count). The molecule has 1 heterocycles. The maximum atomic E-state index is 15.5.